The summed E-state index contributed by atoms with van der Waals surface area (Å²) < 4.78 is 5.15. The van der Waals surface area contributed by atoms with Crippen LogP contribution in [0.1, 0.15) is 61.9 Å². The fraction of sp³-hybridized carbons (Fsp3) is 0.545. The zero-order valence-electron chi connectivity index (χ0n) is 16.8. The first-order valence-electron chi connectivity index (χ1n) is 10.4. The highest BCUT2D eigenvalue weighted by Crippen LogP contribution is 2.27. The van der Waals surface area contributed by atoms with Crippen LogP contribution in [0.2, 0.25) is 0 Å². The molecular formula is C22H31N3O2S. The third-order valence-electron chi connectivity index (χ3n) is 5.14. The van der Waals surface area contributed by atoms with Gasteiger partial charge in [-0.15, -0.1) is 11.3 Å². The van der Waals surface area contributed by atoms with Gasteiger partial charge in [-0.3, -0.25) is 4.79 Å². The van der Waals surface area contributed by atoms with Crippen LogP contribution in [0.4, 0.5) is 10.8 Å². The van der Waals surface area contributed by atoms with E-state index in [0.717, 1.165) is 29.4 Å². The van der Waals surface area contributed by atoms with E-state index in [1.165, 1.54) is 61.9 Å². The molecule has 1 aromatic carbocycles. The number of aryl methyl sites for hydroxylation is 2. The van der Waals surface area contributed by atoms with Crippen molar-refractivity contribution in [3.8, 4) is 5.75 Å². The number of ether oxygens (including phenoxy) is 1. The molecule has 1 amide bonds. The fourth-order valence-corrected chi connectivity index (χ4v) is 4.59. The molecule has 0 bridgehead atoms. The minimum atomic E-state index is -0.0689. The lowest BCUT2D eigenvalue weighted by Gasteiger charge is -2.07. The van der Waals surface area contributed by atoms with Crippen LogP contribution in [0.3, 0.4) is 0 Å². The molecule has 152 valence electrons. The summed E-state index contributed by atoms with van der Waals surface area (Å²) in [5.41, 5.74) is 2.09. The zero-order valence-corrected chi connectivity index (χ0v) is 17.6. The first-order chi connectivity index (χ1) is 13.7. The SMILES string of the molecule is COc1ccc(NCC(=O)Nc2nc3c(s2)CCCCCCCCCC3)cc1. The molecule has 0 radical (unpaired) electrons. The molecule has 1 aliphatic carbocycles. The normalized spacial score (nSPS) is 15.6. The predicted octanol–water partition coefficient (Wildman–Crippen LogP) is 5.42. The molecule has 3 rings (SSSR count). The maximum Gasteiger partial charge on any atom is 0.245 e. The van der Waals surface area contributed by atoms with E-state index in [9.17, 15) is 4.79 Å². The Kier molecular flexibility index (Phi) is 8.15. The molecule has 0 saturated heterocycles. The molecule has 0 unspecified atom stereocenters. The van der Waals surface area contributed by atoms with Crippen LogP contribution in [0.5, 0.6) is 5.75 Å². The van der Waals surface area contributed by atoms with Gasteiger partial charge in [-0.25, -0.2) is 4.98 Å². The van der Waals surface area contributed by atoms with Gasteiger partial charge >= 0.3 is 0 Å². The molecule has 2 aromatic rings. The highest BCUT2D eigenvalue weighted by Gasteiger charge is 2.13. The Labute approximate surface area is 171 Å². The van der Waals surface area contributed by atoms with Crippen molar-refractivity contribution in [1.82, 2.24) is 4.98 Å². The summed E-state index contributed by atoms with van der Waals surface area (Å²) in [6.07, 6.45) is 12.5. The summed E-state index contributed by atoms with van der Waals surface area (Å²) in [6.45, 7) is 0.219. The monoisotopic (exact) mass is 401 g/mol. The number of anilines is 2. The van der Waals surface area contributed by atoms with Gasteiger partial charge in [0.25, 0.3) is 0 Å². The number of benzene rings is 1. The molecule has 28 heavy (non-hydrogen) atoms. The Morgan fingerprint density at radius 2 is 1.64 bits per heavy atom. The van der Waals surface area contributed by atoms with Crippen molar-refractivity contribution >= 4 is 28.1 Å². The Morgan fingerprint density at radius 3 is 2.32 bits per heavy atom. The molecule has 5 nitrogen and oxygen atoms in total. The molecule has 6 heteroatoms. The molecular weight excluding hydrogens is 370 g/mol. The van der Waals surface area contributed by atoms with Crippen molar-refractivity contribution in [2.75, 3.05) is 24.3 Å². The lowest BCUT2D eigenvalue weighted by Crippen LogP contribution is -2.21. The lowest BCUT2D eigenvalue weighted by atomic mass is 10.0. The third-order valence-corrected chi connectivity index (χ3v) is 6.21. The van der Waals surface area contributed by atoms with Gasteiger partial charge in [-0.1, -0.05) is 38.5 Å². The highest BCUT2D eigenvalue weighted by molar-refractivity contribution is 7.15. The number of thiazole rings is 1. The summed E-state index contributed by atoms with van der Waals surface area (Å²) in [4.78, 5) is 18.4. The average Bonchev–Trinajstić information content (AvgIpc) is 3.08. The highest BCUT2D eigenvalue weighted by atomic mass is 32.1. The van der Waals surface area contributed by atoms with Gasteiger partial charge in [0.2, 0.25) is 5.91 Å². The van der Waals surface area contributed by atoms with Crippen LogP contribution in [0.15, 0.2) is 24.3 Å². The van der Waals surface area contributed by atoms with Crippen LogP contribution in [-0.4, -0.2) is 24.5 Å². The molecule has 0 atom stereocenters. The second-order valence-corrected chi connectivity index (χ2v) is 8.43. The van der Waals surface area contributed by atoms with E-state index in [0.29, 0.717) is 0 Å². The summed E-state index contributed by atoms with van der Waals surface area (Å²) in [5, 5.41) is 6.84. The number of carbonyl (C=O) groups is 1. The van der Waals surface area contributed by atoms with Gasteiger partial charge in [0.1, 0.15) is 5.75 Å². The zero-order chi connectivity index (χ0) is 19.6. The summed E-state index contributed by atoms with van der Waals surface area (Å²) in [7, 11) is 1.64. The number of nitrogens with one attached hydrogen (secondary N) is 2. The summed E-state index contributed by atoms with van der Waals surface area (Å²) >= 11 is 1.65. The first kappa shape index (κ1) is 20.6. The van der Waals surface area contributed by atoms with E-state index in [2.05, 4.69) is 10.6 Å². The summed E-state index contributed by atoms with van der Waals surface area (Å²) in [5.74, 6) is 0.730. The Balaban J connectivity index is 1.54. The van der Waals surface area contributed by atoms with Gasteiger partial charge in [-0.05, 0) is 49.9 Å². The summed E-state index contributed by atoms with van der Waals surface area (Å²) in [6, 6.07) is 7.55. The number of fused-ring (bicyclic) bond motifs is 1. The van der Waals surface area contributed by atoms with Crippen LogP contribution in [-0.2, 0) is 17.6 Å². The van der Waals surface area contributed by atoms with Crippen LogP contribution in [0.25, 0.3) is 0 Å². The van der Waals surface area contributed by atoms with Crippen molar-refractivity contribution in [2.45, 2.75) is 64.2 Å². The number of amides is 1. The fourth-order valence-electron chi connectivity index (χ4n) is 3.52. The molecule has 2 N–H and O–H groups in total. The number of carbonyl (C=O) groups excluding carboxylic acids is 1. The number of rotatable bonds is 5. The van der Waals surface area contributed by atoms with Crippen LogP contribution in [0, 0.1) is 0 Å². The van der Waals surface area contributed by atoms with E-state index >= 15 is 0 Å². The van der Waals surface area contributed by atoms with Gasteiger partial charge in [-0.2, -0.15) is 0 Å². The maximum absolute atomic E-state index is 12.3. The number of hydrogen-bond acceptors (Lipinski definition) is 5. The quantitative estimate of drug-likeness (QED) is 0.702. The van der Waals surface area contributed by atoms with Gasteiger partial charge < -0.3 is 15.4 Å². The van der Waals surface area contributed by atoms with Crippen LogP contribution < -0.4 is 15.4 Å². The molecule has 0 spiro atoms. The Bertz CT molecular complexity index is 713. The Hall–Kier alpha value is -2.08. The number of nitrogens with zero attached hydrogens (tertiary/aromatic N) is 1. The second-order valence-electron chi connectivity index (χ2n) is 7.35. The molecule has 1 heterocycles. The molecule has 1 aromatic heterocycles. The van der Waals surface area contributed by atoms with E-state index < -0.39 is 0 Å². The minimum absolute atomic E-state index is 0.0689. The number of methoxy groups -OCH3 is 1. The van der Waals surface area contributed by atoms with Crippen molar-refractivity contribution in [3.63, 3.8) is 0 Å². The average molecular weight is 402 g/mol. The van der Waals surface area contributed by atoms with E-state index in [1.807, 2.05) is 24.3 Å². The van der Waals surface area contributed by atoms with Crippen molar-refractivity contribution in [3.05, 3.63) is 34.8 Å². The first-order valence-corrected chi connectivity index (χ1v) is 11.2. The van der Waals surface area contributed by atoms with E-state index in [-0.39, 0.29) is 12.5 Å². The topological polar surface area (TPSA) is 63.2 Å². The molecule has 0 fully saturated rings. The molecule has 0 aliphatic heterocycles. The van der Waals surface area contributed by atoms with Crippen molar-refractivity contribution in [2.24, 2.45) is 0 Å². The lowest BCUT2D eigenvalue weighted by molar-refractivity contribution is -0.114. The van der Waals surface area contributed by atoms with Gasteiger partial charge in [0.05, 0.1) is 19.3 Å². The van der Waals surface area contributed by atoms with Gasteiger partial charge in [0.15, 0.2) is 5.13 Å². The molecule has 1 aliphatic rings. The molecule has 0 saturated carbocycles. The van der Waals surface area contributed by atoms with Gasteiger partial charge in [0, 0.05) is 10.6 Å². The van der Waals surface area contributed by atoms with Crippen LogP contribution >= 0.6 is 11.3 Å². The van der Waals surface area contributed by atoms with E-state index in [1.54, 1.807) is 18.4 Å². The third kappa shape index (κ3) is 6.51. The maximum atomic E-state index is 12.3. The van der Waals surface area contributed by atoms with Crippen molar-refractivity contribution < 1.29 is 9.53 Å². The second kappa shape index (κ2) is 11.1. The van der Waals surface area contributed by atoms with E-state index in [4.69, 9.17) is 9.72 Å². The van der Waals surface area contributed by atoms with Crippen molar-refractivity contribution in [1.29, 1.82) is 0 Å². The predicted molar refractivity (Wildman–Crippen MR) is 117 cm³/mol. The smallest absolute Gasteiger partial charge is 0.245 e. The standard InChI is InChI=1S/C22H31N3O2S/c1-27-18-14-12-17(13-15-18)23-16-21(26)25-22-24-19-10-8-6-4-2-3-5-7-9-11-20(19)28-22/h12-15,23H,2-11,16H2,1H3,(H,24,25,26). The number of hydrogen-bond donors (Lipinski definition) is 2. The number of aromatic nitrogens is 1. The Morgan fingerprint density at radius 1 is 1.00 bits per heavy atom. The minimum Gasteiger partial charge on any atom is -0.497 e. The largest absolute Gasteiger partial charge is 0.497 e.